The number of carbonyl (C=O) groups is 4. The number of hydrogen-bond donors (Lipinski definition) is 2. The smallest absolute Gasteiger partial charge is 0.262 e. The quantitative estimate of drug-likeness (QED) is 0.701. The van der Waals surface area contributed by atoms with Crippen LogP contribution in [0.1, 0.15) is 40.3 Å². The molecular formula is C20H21N3O5. The third-order valence-electron chi connectivity index (χ3n) is 4.46. The van der Waals surface area contributed by atoms with E-state index < -0.39 is 30.3 Å². The molecule has 2 aromatic rings. The van der Waals surface area contributed by atoms with Crippen LogP contribution in [0.2, 0.25) is 0 Å². The van der Waals surface area contributed by atoms with E-state index in [4.69, 9.17) is 4.42 Å². The molecule has 0 radical (unpaired) electrons. The largest absolute Gasteiger partial charge is 0.467 e. The van der Waals surface area contributed by atoms with Gasteiger partial charge in [0.15, 0.2) is 0 Å². The minimum Gasteiger partial charge on any atom is -0.467 e. The Hall–Kier alpha value is -3.42. The first kappa shape index (κ1) is 19.3. The van der Waals surface area contributed by atoms with E-state index in [1.54, 1.807) is 50.2 Å². The Kier molecular flexibility index (Phi) is 5.58. The molecule has 0 saturated carbocycles. The van der Waals surface area contributed by atoms with Crippen LogP contribution >= 0.6 is 0 Å². The lowest BCUT2D eigenvalue weighted by molar-refractivity contribution is -0.130. The van der Waals surface area contributed by atoms with Gasteiger partial charge < -0.3 is 15.1 Å². The Morgan fingerprint density at radius 1 is 1.04 bits per heavy atom. The Morgan fingerprint density at radius 2 is 1.68 bits per heavy atom. The molecule has 146 valence electrons. The van der Waals surface area contributed by atoms with E-state index in [1.807, 2.05) is 0 Å². The number of fused-ring (bicyclic) bond motifs is 1. The second kappa shape index (κ2) is 8.08. The number of nitrogens with one attached hydrogen (secondary N) is 2. The van der Waals surface area contributed by atoms with Crippen LogP contribution in [0.4, 0.5) is 0 Å². The molecule has 0 fully saturated rings. The van der Waals surface area contributed by atoms with Crippen LogP contribution in [-0.4, -0.2) is 41.1 Å². The van der Waals surface area contributed by atoms with Gasteiger partial charge in [0.1, 0.15) is 18.3 Å². The standard InChI is InChI=1S/C20H21N3O5/c1-12(2)17(18(25)21-10-13-6-5-9-28-13)22-16(24)11-23-19(26)14-7-3-4-8-15(14)20(23)27/h3-9,12,17H,10-11H2,1-2H3,(H,21,25)(H,22,24)/t17-/m1/s1. The molecule has 1 aromatic carbocycles. The summed E-state index contributed by atoms with van der Waals surface area (Å²) in [6, 6.07) is 9.05. The van der Waals surface area contributed by atoms with Gasteiger partial charge >= 0.3 is 0 Å². The van der Waals surface area contributed by atoms with Crippen LogP contribution in [-0.2, 0) is 16.1 Å². The molecular weight excluding hydrogens is 362 g/mol. The lowest BCUT2D eigenvalue weighted by Crippen LogP contribution is -2.52. The normalized spacial score (nSPS) is 14.2. The summed E-state index contributed by atoms with van der Waals surface area (Å²) in [6.45, 7) is 3.34. The van der Waals surface area contributed by atoms with Crippen molar-refractivity contribution in [2.24, 2.45) is 5.92 Å². The van der Waals surface area contributed by atoms with Crippen LogP contribution in [0.25, 0.3) is 0 Å². The highest BCUT2D eigenvalue weighted by Crippen LogP contribution is 2.22. The summed E-state index contributed by atoms with van der Waals surface area (Å²) in [5.41, 5.74) is 0.550. The number of furan rings is 1. The van der Waals surface area contributed by atoms with Crippen molar-refractivity contribution in [3.05, 3.63) is 59.5 Å². The molecule has 1 aliphatic heterocycles. The second-order valence-corrected chi connectivity index (χ2v) is 6.83. The van der Waals surface area contributed by atoms with Gasteiger partial charge in [-0.3, -0.25) is 24.1 Å². The van der Waals surface area contributed by atoms with Crippen molar-refractivity contribution in [1.82, 2.24) is 15.5 Å². The predicted molar refractivity (Wildman–Crippen MR) is 99.1 cm³/mol. The van der Waals surface area contributed by atoms with Crippen LogP contribution in [0, 0.1) is 5.92 Å². The average Bonchev–Trinajstić information content (AvgIpc) is 3.27. The lowest BCUT2D eigenvalue weighted by Gasteiger charge is -2.23. The number of hydrogen-bond acceptors (Lipinski definition) is 5. The summed E-state index contributed by atoms with van der Waals surface area (Å²) < 4.78 is 5.16. The average molecular weight is 383 g/mol. The minimum absolute atomic E-state index is 0.192. The number of imide groups is 1. The van der Waals surface area contributed by atoms with Gasteiger partial charge in [0.2, 0.25) is 11.8 Å². The Labute approximate surface area is 161 Å². The summed E-state index contributed by atoms with van der Waals surface area (Å²) in [7, 11) is 0. The van der Waals surface area contributed by atoms with Crippen LogP contribution in [0.15, 0.2) is 47.1 Å². The van der Waals surface area contributed by atoms with Crippen molar-refractivity contribution < 1.29 is 23.6 Å². The summed E-state index contributed by atoms with van der Waals surface area (Å²) in [5, 5.41) is 5.32. The van der Waals surface area contributed by atoms with E-state index in [0.717, 1.165) is 4.90 Å². The van der Waals surface area contributed by atoms with E-state index in [0.29, 0.717) is 5.76 Å². The maximum absolute atomic E-state index is 12.4. The molecule has 8 nitrogen and oxygen atoms in total. The molecule has 8 heteroatoms. The fraction of sp³-hybridized carbons (Fsp3) is 0.300. The molecule has 0 aliphatic carbocycles. The third-order valence-corrected chi connectivity index (χ3v) is 4.46. The molecule has 1 aliphatic rings. The van der Waals surface area contributed by atoms with Crippen LogP contribution in [0.3, 0.4) is 0 Å². The highest BCUT2D eigenvalue weighted by Gasteiger charge is 2.37. The molecule has 0 bridgehead atoms. The summed E-state index contributed by atoms with van der Waals surface area (Å²) in [4.78, 5) is 50.5. The molecule has 0 unspecified atom stereocenters. The molecule has 3 rings (SSSR count). The Morgan fingerprint density at radius 3 is 2.21 bits per heavy atom. The van der Waals surface area contributed by atoms with E-state index >= 15 is 0 Å². The first-order chi connectivity index (χ1) is 13.4. The van der Waals surface area contributed by atoms with Gasteiger partial charge in [-0.2, -0.15) is 0 Å². The molecule has 0 saturated heterocycles. The number of nitrogens with zero attached hydrogens (tertiary/aromatic N) is 1. The van der Waals surface area contributed by atoms with Crippen molar-refractivity contribution in [2.45, 2.75) is 26.4 Å². The zero-order valence-corrected chi connectivity index (χ0v) is 15.6. The topological polar surface area (TPSA) is 109 Å². The van der Waals surface area contributed by atoms with E-state index in [1.165, 1.54) is 6.26 Å². The summed E-state index contributed by atoms with van der Waals surface area (Å²) >= 11 is 0. The Bertz CT molecular complexity index is 869. The van der Waals surface area contributed by atoms with Crippen molar-refractivity contribution in [1.29, 1.82) is 0 Å². The number of benzene rings is 1. The van der Waals surface area contributed by atoms with Gasteiger partial charge in [-0.25, -0.2) is 0 Å². The third kappa shape index (κ3) is 3.95. The highest BCUT2D eigenvalue weighted by atomic mass is 16.3. The van der Waals surface area contributed by atoms with Crippen LogP contribution in [0.5, 0.6) is 0 Å². The fourth-order valence-corrected chi connectivity index (χ4v) is 2.98. The van der Waals surface area contributed by atoms with Gasteiger partial charge in [0.25, 0.3) is 11.8 Å². The lowest BCUT2D eigenvalue weighted by atomic mass is 10.0. The maximum Gasteiger partial charge on any atom is 0.262 e. The van der Waals surface area contributed by atoms with Crippen molar-refractivity contribution in [3.8, 4) is 0 Å². The van der Waals surface area contributed by atoms with Gasteiger partial charge in [-0.1, -0.05) is 26.0 Å². The zero-order valence-electron chi connectivity index (χ0n) is 15.6. The summed E-state index contributed by atoms with van der Waals surface area (Å²) in [5.74, 6) is -1.59. The highest BCUT2D eigenvalue weighted by molar-refractivity contribution is 6.22. The molecule has 1 aromatic heterocycles. The van der Waals surface area contributed by atoms with Gasteiger partial charge in [0, 0.05) is 0 Å². The predicted octanol–water partition coefficient (Wildman–Crippen LogP) is 1.33. The molecule has 4 amide bonds. The van der Waals surface area contributed by atoms with E-state index in [9.17, 15) is 19.2 Å². The van der Waals surface area contributed by atoms with Crippen molar-refractivity contribution in [3.63, 3.8) is 0 Å². The fourth-order valence-electron chi connectivity index (χ4n) is 2.98. The number of rotatable bonds is 7. The van der Waals surface area contributed by atoms with Gasteiger partial charge in [-0.15, -0.1) is 0 Å². The number of carbonyl (C=O) groups excluding carboxylic acids is 4. The van der Waals surface area contributed by atoms with Crippen molar-refractivity contribution in [2.75, 3.05) is 6.54 Å². The minimum atomic E-state index is -0.808. The first-order valence-corrected chi connectivity index (χ1v) is 8.93. The Balaban J connectivity index is 1.61. The molecule has 2 heterocycles. The van der Waals surface area contributed by atoms with Crippen molar-refractivity contribution >= 4 is 23.6 Å². The first-order valence-electron chi connectivity index (χ1n) is 8.93. The van der Waals surface area contributed by atoms with Gasteiger partial charge in [0.05, 0.1) is 23.9 Å². The molecule has 28 heavy (non-hydrogen) atoms. The van der Waals surface area contributed by atoms with Crippen LogP contribution < -0.4 is 10.6 Å². The maximum atomic E-state index is 12.4. The van der Waals surface area contributed by atoms with E-state index in [2.05, 4.69) is 10.6 Å². The SMILES string of the molecule is CC(C)[C@@H](NC(=O)CN1C(=O)c2ccccc2C1=O)C(=O)NCc1ccco1. The second-order valence-electron chi connectivity index (χ2n) is 6.83. The van der Waals surface area contributed by atoms with Gasteiger partial charge in [-0.05, 0) is 30.2 Å². The number of amides is 4. The monoisotopic (exact) mass is 383 g/mol. The van der Waals surface area contributed by atoms with E-state index in [-0.39, 0.29) is 29.5 Å². The summed E-state index contributed by atoms with van der Waals surface area (Å²) in [6.07, 6.45) is 1.51. The molecule has 2 N–H and O–H groups in total. The molecule has 0 spiro atoms. The zero-order chi connectivity index (χ0) is 20.3. The molecule has 1 atom stereocenters.